The molecular weight excluding hydrogens is 480 g/mol. The number of anilines is 1. The first-order valence-electron chi connectivity index (χ1n) is 12.8. The molecule has 2 aliphatic rings. The van der Waals surface area contributed by atoms with E-state index < -0.39 is 6.23 Å². The van der Waals surface area contributed by atoms with Crippen LogP contribution in [-0.2, 0) is 16.1 Å². The zero-order valence-corrected chi connectivity index (χ0v) is 21.8. The smallest absolute Gasteiger partial charge is 0.270 e. The molecule has 36 heavy (non-hydrogen) atoms. The van der Waals surface area contributed by atoms with Crippen molar-refractivity contribution in [3.63, 3.8) is 0 Å². The number of nitro benzene ring substituents is 1. The maximum absolute atomic E-state index is 13.1. The van der Waals surface area contributed by atoms with Crippen LogP contribution in [0.1, 0.15) is 50.5 Å². The summed E-state index contributed by atoms with van der Waals surface area (Å²) < 4.78 is 6.26. The van der Waals surface area contributed by atoms with Crippen LogP contribution in [-0.4, -0.2) is 60.0 Å². The van der Waals surface area contributed by atoms with Gasteiger partial charge in [0.1, 0.15) is 6.23 Å². The van der Waals surface area contributed by atoms with E-state index in [0.717, 1.165) is 49.2 Å². The lowest BCUT2D eigenvalue weighted by atomic mass is 9.94. The molecule has 2 heterocycles. The third kappa shape index (κ3) is 5.99. The van der Waals surface area contributed by atoms with E-state index in [-0.39, 0.29) is 22.4 Å². The number of carbonyl (C=O) groups excluding carboxylic acids is 1. The highest BCUT2D eigenvalue weighted by molar-refractivity contribution is 6.30. The van der Waals surface area contributed by atoms with Crippen LogP contribution in [0.3, 0.4) is 0 Å². The SMILES string of the molecule is CCN(CC)C(=O)[C@@H]1CCCN(c2ccc([N+](=O)[O-])cc2[C@H]2OCCCN2Cc2ccc(Cl)cc2)C1. The fourth-order valence-corrected chi connectivity index (χ4v) is 5.42. The molecule has 2 aliphatic heterocycles. The predicted octanol–water partition coefficient (Wildman–Crippen LogP) is 5.25. The van der Waals surface area contributed by atoms with E-state index in [1.165, 1.54) is 0 Å². The van der Waals surface area contributed by atoms with Crippen molar-refractivity contribution in [1.29, 1.82) is 0 Å². The van der Waals surface area contributed by atoms with Gasteiger partial charge in [-0.2, -0.15) is 0 Å². The number of ether oxygens (including phenoxy) is 1. The maximum atomic E-state index is 13.1. The van der Waals surface area contributed by atoms with Gasteiger partial charge in [-0.25, -0.2) is 0 Å². The molecule has 0 spiro atoms. The highest BCUT2D eigenvalue weighted by atomic mass is 35.5. The van der Waals surface area contributed by atoms with Crippen LogP contribution >= 0.6 is 11.6 Å². The van der Waals surface area contributed by atoms with Crippen LogP contribution in [0.4, 0.5) is 11.4 Å². The van der Waals surface area contributed by atoms with Gasteiger partial charge in [-0.05, 0) is 56.9 Å². The highest BCUT2D eigenvalue weighted by Gasteiger charge is 2.33. The number of hydrogen-bond acceptors (Lipinski definition) is 6. The molecule has 0 radical (unpaired) electrons. The first kappa shape index (κ1) is 26.4. The molecule has 0 aliphatic carbocycles. The topological polar surface area (TPSA) is 79.2 Å². The van der Waals surface area contributed by atoms with Gasteiger partial charge in [-0.3, -0.25) is 19.8 Å². The quantitative estimate of drug-likeness (QED) is 0.353. The Hall–Kier alpha value is -2.68. The minimum Gasteiger partial charge on any atom is -0.370 e. The number of non-ortho nitro benzene ring substituents is 1. The molecule has 8 nitrogen and oxygen atoms in total. The first-order valence-corrected chi connectivity index (χ1v) is 13.2. The molecule has 2 aromatic carbocycles. The van der Waals surface area contributed by atoms with Crippen molar-refractivity contribution in [2.75, 3.05) is 44.2 Å². The number of rotatable bonds is 8. The summed E-state index contributed by atoms with van der Waals surface area (Å²) in [4.78, 5) is 30.8. The van der Waals surface area contributed by atoms with Gasteiger partial charge < -0.3 is 14.5 Å². The van der Waals surface area contributed by atoms with Crippen molar-refractivity contribution in [1.82, 2.24) is 9.80 Å². The number of halogens is 1. The Bertz CT molecular complexity index is 1060. The number of piperidine rings is 1. The summed E-state index contributed by atoms with van der Waals surface area (Å²) in [6, 6.07) is 12.8. The molecule has 0 bridgehead atoms. The molecule has 0 aromatic heterocycles. The Morgan fingerprint density at radius 3 is 2.58 bits per heavy atom. The van der Waals surface area contributed by atoms with Crippen LogP contribution in [0, 0.1) is 16.0 Å². The molecule has 194 valence electrons. The van der Waals surface area contributed by atoms with Gasteiger partial charge in [0, 0.05) is 67.7 Å². The molecule has 0 N–H and O–H groups in total. The minimum absolute atomic E-state index is 0.0437. The van der Waals surface area contributed by atoms with Crippen molar-refractivity contribution in [3.8, 4) is 0 Å². The number of amides is 1. The summed E-state index contributed by atoms with van der Waals surface area (Å²) in [5.74, 6) is 0.102. The second-order valence-electron chi connectivity index (χ2n) is 9.47. The Morgan fingerprint density at radius 2 is 1.89 bits per heavy atom. The lowest BCUT2D eigenvalue weighted by Gasteiger charge is -2.40. The van der Waals surface area contributed by atoms with Crippen LogP contribution in [0.25, 0.3) is 0 Å². The molecule has 0 saturated carbocycles. The zero-order chi connectivity index (χ0) is 25.7. The first-order chi connectivity index (χ1) is 17.4. The average Bonchev–Trinajstić information content (AvgIpc) is 2.90. The number of nitro groups is 1. The van der Waals surface area contributed by atoms with Gasteiger partial charge in [-0.1, -0.05) is 23.7 Å². The van der Waals surface area contributed by atoms with Crippen LogP contribution in [0.2, 0.25) is 5.02 Å². The molecule has 0 unspecified atom stereocenters. The molecule has 2 aromatic rings. The molecular formula is C27H35ClN4O4. The Labute approximate surface area is 217 Å². The number of hydrogen-bond donors (Lipinski definition) is 0. The van der Waals surface area contributed by atoms with E-state index in [4.69, 9.17) is 16.3 Å². The predicted molar refractivity (Wildman–Crippen MR) is 141 cm³/mol. The fourth-order valence-electron chi connectivity index (χ4n) is 5.29. The second-order valence-corrected chi connectivity index (χ2v) is 9.91. The lowest BCUT2D eigenvalue weighted by Crippen LogP contribution is -2.45. The maximum Gasteiger partial charge on any atom is 0.270 e. The van der Waals surface area contributed by atoms with Crippen molar-refractivity contribution >= 4 is 28.9 Å². The van der Waals surface area contributed by atoms with Gasteiger partial charge >= 0.3 is 0 Å². The van der Waals surface area contributed by atoms with Crippen LogP contribution < -0.4 is 4.90 Å². The number of nitrogens with zero attached hydrogens (tertiary/aromatic N) is 4. The van der Waals surface area contributed by atoms with Crippen LogP contribution in [0.5, 0.6) is 0 Å². The average molecular weight is 515 g/mol. The van der Waals surface area contributed by atoms with Crippen LogP contribution in [0.15, 0.2) is 42.5 Å². The van der Waals surface area contributed by atoms with Gasteiger partial charge in [0.2, 0.25) is 5.91 Å². The monoisotopic (exact) mass is 514 g/mol. The third-order valence-electron chi connectivity index (χ3n) is 7.17. The minimum atomic E-state index is -0.414. The third-order valence-corrected chi connectivity index (χ3v) is 7.42. The van der Waals surface area contributed by atoms with Crippen molar-refractivity contribution in [2.45, 2.75) is 45.9 Å². The Balaban J connectivity index is 1.65. The van der Waals surface area contributed by atoms with Gasteiger partial charge in [0.25, 0.3) is 5.69 Å². The molecule has 4 rings (SSSR count). The van der Waals surface area contributed by atoms with Gasteiger partial charge in [0.05, 0.1) is 17.4 Å². The summed E-state index contributed by atoms with van der Waals surface area (Å²) >= 11 is 6.07. The van der Waals surface area contributed by atoms with E-state index in [0.29, 0.717) is 37.8 Å². The summed E-state index contributed by atoms with van der Waals surface area (Å²) in [6.45, 7) is 8.87. The number of carbonyl (C=O) groups is 1. The summed E-state index contributed by atoms with van der Waals surface area (Å²) in [7, 11) is 0. The fraction of sp³-hybridized carbons (Fsp3) is 0.519. The van der Waals surface area contributed by atoms with Crippen molar-refractivity contribution in [3.05, 3.63) is 68.7 Å². The Kier molecular flexibility index (Phi) is 8.82. The normalized spacial score (nSPS) is 20.8. The van der Waals surface area contributed by atoms with E-state index in [9.17, 15) is 14.9 Å². The highest BCUT2D eigenvalue weighted by Crippen LogP contribution is 2.38. The molecule has 2 fully saturated rings. The molecule has 2 saturated heterocycles. The molecule has 2 atom stereocenters. The van der Waals surface area contributed by atoms with Crippen molar-refractivity contribution < 1.29 is 14.5 Å². The van der Waals surface area contributed by atoms with E-state index in [2.05, 4.69) is 9.80 Å². The zero-order valence-electron chi connectivity index (χ0n) is 21.1. The van der Waals surface area contributed by atoms with E-state index >= 15 is 0 Å². The van der Waals surface area contributed by atoms with E-state index in [1.807, 2.05) is 49.1 Å². The number of benzene rings is 2. The summed E-state index contributed by atoms with van der Waals surface area (Å²) in [5.41, 5.74) is 2.84. The standard InChI is InChI=1S/C27H35ClN4O4/c1-3-29(4-2)26(33)21-7-5-14-30(19-21)25-13-12-23(32(34)35)17-24(25)27-31(15-6-16-36-27)18-20-8-10-22(28)11-9-20/h8-13,17,21,27H,3-7,14-16,18-19H2,1-2H3/t21-,27-/m1/s1. The lowest BCUT2D eigenvalue weighted by molar-refractivity contribution is -0.385. The second kappa shape index (κ2) is 12.0. The van der Waals surface area contributed by atoms with Gasteiger partial charge in [0.15, 0.2) is 0 Å². The van der Waals surface area contributed by atoms with Crippen molar-refractivity contribution in [2.24, 2.45) is 5.92 Å². The Morgan fingerprint density at radius 1 is 1.14 bits per heavy atom. The summed E-state index contributed by atoms with van der Waals surface area (Å²) in [5, 5.41) is 12.4. The molecule has 9 heteroatoms. The largest absolute Gasteiger partial charge is 0.370 e. The summed E-state index contributed by atoms with van der Waals surface area (Å²) in [6.07, 6.45) is 2.23. The van der Waals surface area contributed by atoms with Gasteiger partial charge in [-0.15, -0.1) is 0 Å². The molecule has 1 amide bonds. The van der Waals surface area contributed by atoms with E-state index in [1.54, 1.807) is 12.1 Å².